The van der Waals surface area contributed by atoms with E-state index in [1.165, 1.54) is 11.8 Å². The second-order valence-electron chi connectivity index (χ2n) is 5.31. The van der Waals surface area contributed by atoms with Gasteiger partial charge in [-0.15, -0.1) is 10.2 Å². The number of para-hydroxylation sites is 1. The van der Waals surface area contributed by atoms with Gasteiger partial charge in [-0.05, 0) is 38.3 Å². The van der Waals surface area contributed by atoms with Gasteiger partial charge in [0.05, 0.1) is 10.9 Å². The number of amides is 1. The number of hydrogen-bond acceptors (Lipinski definition) is 4. The molecular formula is C15H18N4OS. The van der Waals surface area contributed by atoms with E-state index in [9.17, 15) is 4.79 Å². The van der Waals surface area contributed by atoms with Crippen LogP contribution in [0.25, 0.3) is 5.69 Å². The number of carbonyl (C=O) groups excluding carboxylic acids is 1. The number of nitrogens with zero attached hydrogens (tertiary/aromatic N) is 3. The number of benzene rings is 1. The van der Waals surface area contributed by atoms with Crippen LogP contribution in [0, 0.1) is 6.92 Å². The molecule has 21 heavy (non-hydrogen) atoms. The Balaban J connectivity index is 1.76. The molecule has 1 fully saturated rings. The van der Waals surface area contributed by atoms with Crippen LogP contribution >= 0.6 is 11.8 Å². The molecule has 0 bridgehead atoms. The van der Waals surface area contributed by atoms with Crippen LogP contribution in [0.5, 0.6) is 0 Å². The average Bonchev–Trinajstić information content (AvgIpc) is 3.17. The normalized spacial score (nSPS) is 15.7. The number of nitrogens with one attached hydrogen (secondary N) is 1. The third-order valence-electron chi connectivity index (χ3n) is 3.47. The Morgan fingerprint density at radius 1 is 1.43 bits per heavy atom. The predicted octanol–water partition coefficient (Wildman–Crippen LogP) is 2.33. The molecule has 1 aliphatic carbocycles. The van der Waals surface area contributed by atoms with Crippen LogP contribution in [0.2, 0.25) is 0 Å². The first kappa shape index (κ1) is 14.1. The third kappa shape index (κ3) is 3.26. The smallest absolute Gasteiger partial charge is 0.233 e. The van der Waals surface area contributed by atoms with Crippen LogP contribution in [0.15, 0.2) is 35.7 Å². The molecule has 1 aromatic heterocycles. The molecule has 1 atom stereocenters. The van der Waals surface area contributed by atoms with Crippen molar-refractivity contribution in [3.63, 3.8) is 0 Å². The predicted molar refractivity (Wildman–Crippen MR) is 82.6 cm³/mol. The van der Waals surface area contributed by atoms with E-state index in [1.54, 1.807) is 6.33 Å². The first-order chi connectivity index (χ1) is 10.1. The molecule has 2 aromatic rings. The maximum absolute atomic E-state index is 12.0. The lowest BCUT2D eigenvalue weighted by Gasteiger charge is -2.13. The summed E-state index contributed by atoms with van der Waals surface area (Å²) < 4.78 is 1.93. The molecule has 0 spiro atoms. The first-order valence-electron chi connectivity index (χ1n) is 7.08. The highest BCUT2D eigenvalue weighted by Gasteiger charge is 2.26. The number of rotatable bonds is 5. The lowest BCUT2D eigenvalue weighted by Crippen LogP contribution is -2.32. The standard InChI is InChI=1S/C15H18N4OS/c1-10-5-3-4-6-13(10)19-9-16-18-15(19)21-11(2)14(20)17-12-7-8-12/h3-6,9,11-12H,7-8H2,1-2H3,(H,17,20). The molecule has 5 nitrogen and oxygen atoms in total. The highest BCUT2D eigenvalue weighted by atomic mass is 32.2. The summed E-state index contributed by atoms with van der Waals surface area (Å²) in [7, 11) is 0. The molecule has 110 valence electrons. The van der Waals surface area contributed by atoms with Crippen molar-refractivity contribution in [2.75, 3.05) is 0 Å². The lowest BCUT2D eigenvalue weighted by molar-refractivity contribution is -0.120. The summed E-state index contributed by atoms with van der Waals surface area (Å²) in [6, 6.07) is 8.45. The van der Waals surface area contributed by atoms with E-state index < -0.39 is 0 Å². The zero-order valence-electron chi connectivity index (χ0n) is 12.1. The van der Waals surface area contributed by atoms with E-state index in [-0.39, 0.29) is 11.2 Å². The van der Waals surface area contributed by atoms with Crippen molar-refractivity contribution in [1.29, 1.82) is 0 Å². The minimum Gasteiger partial charge on any atom is -0.352 e. The number of aromatic nitrogens is 3. The molecule has 1 amide bonds. The molecule has 0 saturated heterocycles. The summed E-state index contributed by atoms with van der Waals surface area (Å²) in [5, 5.41) is 11.7. The van der Waals surface area contributed by atoms with Crippen molar-refractivity contribution < 1.29 is 4.79 Å². The number of hydrogen-bond donors (Lipinski definition) is 1. The van der Waals surface area contributed by atoms with Gasteiger partial charge < -0.3 is 5.32 Å². The summed E-state index contributed by atoms with van der Waals surface area (Å²) in [4.78, 5) is 12.0. The molecule has 1 saturated carbocycles. The topological polar surface area (TPSA) is 59.8 Å². The van der Waals surface area contributed by atoms with Crippen molar-refractivity contribution in [1.82, 2.24) is 20.1 Å². The van der Waals surface area contributed by atoms with Gasteiger partial charge in [-0.25, -0.2) is 0 Å². The molecule has 1 N–H and O–H groups in total. The van der Waals surface area contributed by atoms with Crippen molar-refractivity contribution in [3.8, 4) is 5.69 Å². The molecule has 0 aliphatic heterocycles. The summed E-state index contributed by atoms with van der Waals surface area (Å²) in [5.74, 6) is 0.0711. The van der Waals surface area contributed by atoms with Gasteiger partial charge in [-0.3, -0.25) is 9.36 Å². The Morgan fingerprint density at radius 2 is 2.19 bits per heavy atom. The SMILES string of the molecule is Cc1ccccc1-n1cnnc1SC(C)C(=O)NC1CC1. The minimum absolute atomic E-state index is 0.0711. The Bertz CT molecular complexity index is 651. The Kier molecular flexibility index (Phi) is 3.96. The summed E-state index contributed by atoms with van der Waals surface area (Å²) in [6.45, 7) is 3.95. The van der Waals surface area contributed by atoms with Crippen LogP contribution in [0.4, 0.5) is 0 Å². The largest absolute Gasteiger partial charge is 0.352 e. The first-order valence-corrected chi connectivity index (χ1v) is 7.96. The van der Waals surface area contributed by atoms with E-state index in [0.29, 0.717) is 6.04 Å². The number of thioether (sulfide) groups is 1. The van der Waals surface area contributed by atoms with E-state index >= 15 is 0 Å². The zero-order chi connectivity index (χ0) is 14.8. The van der Waals surface area contributed by atoms with E-state index in [0.717, 1.165) is 29.2 Å². The fourth-order valence-electron chi connectivity index (χ4n) is 2.06. The molecule has 1 unspecified atom stereocenters. The van der Waals surface area contributed by atoms with Crippen molar-refractivity contribution in [3.05, 3.63) is 36.2 Å². The van der Waals surface area contributed by atoms with Gasteiger partial charge >= 0.3 is 0 Å². The van der Waals surface area contributed by atoms with E-state index in [4.69, 9.17) is 0 Å². The van der Waals surface area contributed by atoms with Crippen LogP contribution in [0.1, 0.15) is 25.3 Å². The quantitative estimate of drug-likeness (QED) is 0.861. The van der Waals surface area contributed by atoms with E-state index in [2.05, 4.69) is 15.5 Å². The van der Waals surface area contributed by atoms with Gasteiger partial charge in [0.25, 0.3) is 0 Å². The molecule has 0 radical (unpaired) electrons. The highest BCUT2D eigenvalue weighted by Crippen LogP contribution is 2.26. The van der Waals surface area contributed by atoms with Gasteiger partial charge in [0, 0.05) is 6.04 Å². The van der Waals surface area contributed by atoms with Gasteiger partial charge in [0.1, 0.15) is 6.33 Å². The van der Waals surface area contributed by atoms with Crippen molar-refractivity contribution in [2.45, 2.75) is 43.1 Å². The van der Waals surface area contributed by atoms with Crippen LogP contribution in [-0.2, 0) is 4.79 Å². The summed E-state index contributed by atoms with van der Waals surface area (Å²) >= 11 is 1.44. The fourth-order valence-corrected chi connectivity index (χ4v) is 2.91. The minimum atomic E-state index is -0.183. The van der Waals surface area contributed by atoms with Gasteiger partial charge in [-0.2, -0.15) is 0 Å². The molecule has 1 aromatic carbocycles. The molecular weight excluding hydrogens is 284 g/mol. The van der Waals surface area contributed by atoms with Gasteiger partial charge in [0.15, 0.2) is 5.16 Å². The molecule has 3 rings (SSSR count). The Labute approximate surface area is 128 Å². The van der Waals surface area contributed by atoms with Crippen LogP contribution in [-0.4, -0.2) is 32.0 Å². The van der Waals surface area contributed by atoms with Gasteiger partial charge in [0.2, 0.25) is 5.91 Å². The monoisotopic (exact) mass is 302 g/mol. The molecule has 1 heterocycles. The highest BCUT2D eigenvalue weighted by molar-refractivity contribution is 8.00. The summed E-state index contributed by atoms with van der Waals surface area (Å²) in [6.07, 6.45) is 3.89. The second kappa shape index (κ2) is 5.89. The van der Waals surface area contributed by atoms with Crippen molar-refractivity contribution in [2.24, 2.45) is 0 Å². The van der Waals surface area contributed by atoms with Crippen molar-refractivity contribution >= 4 is 17.7 Å². The summed E-state index contributed by atoms with van der Waals surface area (Å²) in [5.41, 5.74) is 2.19. The molecule has 6 heteroatoms. The Morgan fingerprint density at radius 3 is 2.90 bits per heavy atom. The second-order valence-corrected chi connectivity index (χ2v) is 6.62. The number of carbonyl (C=O) groups is 1. The lowest BCUT2D eigenvalue weighted by atomic mass is 10.2. The maximum Gasteiger partial charge on any atom is 0.233 e. The zero-order valence-corrected chi connectivity index (χ0v) is 12.9. The van der Waals surface area contributed by atoms with Gasteiger partial charge in [-0.1, -0.05) is 30.0 Å². The van der Waals surface area contributed by atoms with Crippen LogP contribution in [0.3, 0.4) is 0 Å². The number of aryl methyl sites for hydroxylation is 1. The fraction of sp³-hybridized carbons (Fsp3) is 0.400. The average molecular weight is 302 g/mol. The maximum atomic E-state index is 12.0. The van der Waals surface area contributed by atoms with Crippen LogP contribution < -0.4 is 5.32 Å². The molecule has 1 aliphatic rings. The Hall–Kier alpha value is -1.82. The third-order valence-corrected chi connectivity index (χ3v) is 4.52. The van der Waals surface area contributed by atoms with E-state index in [1.807, 2.05) is 42.7 Å².